The van der Waals surface area contributed by atoms with Gasteiger partial charge in [-0.05, 0) is 48.9 Å². The lowest BCUT2D eigenvalue weighted by molar-refractivity contribution is -0.274. The molecular formula is C20H21F3N2O5. The monoisotopic (exact) mass is 426 g/mol. The number of hydrogen-bond donors (Lipinski definition) is 2. The maximum absolute atomic E-state index is 12.3. The average Bonchev–Trinajstić information content (AvgIpc) is 2.71. The summed E-state index contributed by atoms with van der Waals surface area (Å²) in [6, 6.07) is 8.81. The van der Waals surface area contributed by atoms with Crippen molar-refractivity contribution in [3.63, 3.8) is 0 Å². The van der Waals surface area contributed by atoms with Gasteiger partial charge in [-0.3, -0.25) is 20.4 Å². The van der Waals surface area contributed by atoms with Crippen molar-refractivity contribution in [2.75, 3.05) is 13.7 Å². The van der Waals surface area contributed by atoms with Gasteiger partial charge in [-0.2, -0.15) is 0 Å². The van der Waals surface area contributed by atoms with Gasteiger partial charge in [0.1, 0.15) is 5.75 Å². The van der Waals surface area contributed by atoms with Gasteiger partial charge < -0.3 is 14.2 Å². The highest BCUT2D eigenvalue weighted by atomic mass is 19.4. The molecule has 0 heterocycles. The molecule has 0 atom stereocenters. The van der Waals surface area contributed by atoms with E-state index < -0.39 is 23.9 Å². The van der Waals surface area contributed by atoms with Crippen molar-refractivity contribution in [3.8, 4) is 17.2 Å². The number of carbonyl (C=O) groups excluding carboxylic acids is 2. The van der Waals surface area contributed by atoms with Crippen LogP contribution in [0.25, 0.3) is 0 Å². The molecule has 0 unspecified atom stereocenters. The molecule has 2 N–H and O–H groups in total. The van der Waals surface area contributed by atoms with E-state index >= 15 is 0 Å². The number of unbranched alkanes of at least 4 members (excludes halogenated alkanes) is 1. The molecule has 2 amide bonds. The summed E-state index contributed by atoms with van der Waals surface area (Å²) in [5.74, 6) is -0.929. The van der Waals surface area contributed by atoms with Gasteiger partial charge in [0.25, 0.3) is 11.8 Å². The topological polar surface area (TPSA) is 85.9 Å². The Bertz CT molecular complexity index is 870. The van der Waals surface area contributed by atoms with Crippen LogP contribution in [0.3, 0.4) is 0 Å². The van der Waals surface area contributed by atoms with Crippen LogP contribution in [0, 0.1) is 0 Å². The predicted molar refractivity (Wildman–Crippen MR) is 101 cm³/mol. The third-order valence-corrected chi connectivity index (χ3v) is 3.82. The summed E-state index contributed by atoms with van der Waals surface area (Å²) in [7, 11) is 1.44. The number of rotatable bonds is 8. The molecule has 2 rings (SSSR count). The largest absolute Gasteiger partial charge is 0.573 e. The molecule has 0 aromatic heterocycles. The quantitative estimate of drug-likeness (QED) is 0.495. The highest BCUT2D eigenvalue weighted by molar-refractivity contribution is 5.99. The van der Waals surface area contributed by atoms with Crippen molar-refractivity contribution in [3.05, 3.63) is 53.6 Å². The van der Waals surface area contributed by atoms with Gasteiger partial charge in [0.15, 0.2) is 11.5 Å². The minimum Gasteiger partial charge on any atom is -0.493 e. The fourth-order valence-electron chi connectivity index (χ4n) is 2.32. The molecule has 162 valence electrons. The van der Waals surface area contributed by atoms with E-state index in [-0.39, 0.29) is 11.1 Å². The van der Waals surface area contributed by atoms with Crippen molar-refractivity contribution in [2.45, 2.75) is 26.1 Å². The molecule has 0 aliphatic rings. The number of alkyl halides is 3. The van der Waals surface area contributed by atoms with Gasteiger partial charge in [-0.15, -0.1) is 13.2 Å². The molecule has 0 spiro atoms. The Morgan fingerprint density at radius 3 is 2.10 bits per heavy atom. The predicted octanol–water partition coefficient (Wildman–Crippen LogP) is 3.85. The Kier molecular flexibility index (Phi) is 7.90. The third kappa shape index (κ3) is 6.87. The Hall–Kier alpha value is -3.43. The van der Waals surface area contributed by atoms with Gasteiger partial charge in [-0.25, -0.2) is 0 Å². The summed E-state index contributed by atoms with van der Waals surface area (Å²) < 4.78 is 51.0. The first-order valence-electron chi connectivity index (χ1n) is 9.01. The Morgan fingerprint density at radius 1 is 0.933 bits per heavy atom. The van der Waals surface area contributed by atoms with E-state index in [4.69, 9.17) is 9.47 Å². The summed E-state index contributed by atoms with van der Waals surface area (Å²) in [5.41, 5.74) is 4.65. The molecule has 0 saturated heterocycles. The zero-order valence-electron chi connectivity index (χ0n) is 16.3. The van der Waals surface area contributed by atoms with Gasteiger partial charge in [0.2, 0.25) is 0 Å². The van der Waals surface area contributed by atoms with E-state index in [9.17, 15) is 22.8 Å². The van der Waals surface area contributed by atoms with Gasteiger partial charge >= 0.3 is 6.36 Å². The highest BCUT2D eigenvalue weighted by Gasteiger charge is 2.31. The molecule has 10 heteroatoms. The SMILES string of the molecule is CCCCOc1ccc(C(=O)NNC(=O)c2ccc(OC(F)(F)F)cc2)cc1OC. The number of ether oxygens (including phenoxy) is 3. The molecule has 0 aliphatic heterocycles. The molecule has 2 aromatic carbocycles. The molecule has 2 aromatic rings. The van der Waals surface area contributed by atoms with E-state index in [0.717, 1.165) is 37.1 Å². The number of methoxy groups -OCH3 is 1. The van der Waals surface area contributed by atoms with Gasteiger partial charge in [0.05, 0.1) is 13.7 Å². The summed E-state index contributed by atoms with van der Waals surface area (Å²) in [5, 5.41) is 0. The first kappa shape index (κ1) is 22.9. The molecule has 0 saturated carbocycles. The lowest BCUT2D eigenvalue weighted by atomic mass is 10.2. The third-order valence-electron chi connectivity index (χ3n) is 3.82. The molecule has 7 nitrogen and oxygen atoms in total. The molecule has 30 heavy (non-hydrogen) atoms. The maximum Gasteiger partial charge on any atom is 0.573 e. The van der Waals surface area contributed by atoms with Gasteiger partial charge in [-0.1, -0.05) is 13.3 Å². The fraction of sp³-hybridized carbons (Fsp3) is 0.300. The van der Waals surface area contributed by atoms with Crippen molar-refractivity contribution in [1.82, 2.24) is 10.9 Å². The van der Waals surface area contributed by atoms with Crippen molar-refractivity contribution >= 4 is 11.8 Å². The number of benzene rings is 2. The first-order chi connectivity index (χ1) is 14.2. The molecular weight excluding hydrogens is 405 g/mol. The first-order valence-corrected chi connectivity index (χ1v) is 9.01. The normalized spacial score (nSPS) is 10.8. The summed E-state index contributed by atoms with van der Waals surface area (Å²) in [4.78, 5) is 24.3. The van der Waals surface area contributed by atoms with Crippen LogP contribution in [0.2, 0.25) is 0 Å². The van der Waals surface area contributed by atoms with Gasteiger partial charge in [0, 0.05) is 11.1 Å². The smallest absolute Gasteiger partial charge is 0.493 e. The lowest BCUT2D eigenvalue weighted by Crippen LogP contribution is -2.41. The summed E-state index contributed by atoms with van der Waals surface area (Å²) >= 11 is 0. The van der Waals surface area contributed by atoms with E-state index in [2.05, 4.69) is 15.6 Å². The molecule has 0 aliphatic carbocycles. The summed E-state index contributed by atoms with van der Waals surface area (Å²) in [6.45, 7) is 2.55. The van der Waals surface area contributed by atoms with Crippen LogP contribution in [-0.2, 0) is 0 Å². The minimum absolute atomic E-state index is 0.0297. The number of hydrazine groups is 1. The number of nitrogens with one attached hydrogen (secondary N) is 2. The van der Waals surface area contributed by atoms with Crippen molar-refractivity contribution in [1.29, 1.82) is 0 Å². The van der Waals surface area contributed by atoms with Crippen LogP contribution >= 0.6 is 0 Å². The Balaban J connectivity index is 1.95. The van der Waals surface area contributed by atoms with Crippen molar-refractivity contribution < 1.29 is 37.0 Å². The van der Waals surface area contributed by atoms with Crippen LogP contribution in [0.15, 0.2) is 42.5 Å². The summed E-state index contributed by atoms with van der Waals surface area (Å²) in [6.07, 6.45) is -2.98. The number of hydrogen-bond acceptors (Lipinski definition) is 5. The Morgan fingerprint density at radius 2 is 1.53 bits per heavy atom. The van der Waals surface area contributed by atoms with Crippen LogP contribution in [0.1, 0.15) is 40.5 Å². The highest BCUT2D eigenvalue weighted by Crippen LogP contribution is 2.28. The molecule has 0 fully saturated rings. The van der Waals surface area contributed by atoms with Crippen molar-refractivity contribution in [2.24, 2.45) is 0 Å². The standard InChI is InChI=1S/C20H21F3N2O5/c1-3-4-11-29-16-10-7-14(12-17(16)28-2)19(27)25-24-18(26)13-5-8-15(9-6-13)30-20(21,22)23/h5-10,12H,3-4,11H2,1-2H3,(H,24,26)(H,25,27). The maximum atomic E-state index is 12.3. The van der Waals surface area contributed by atoms with Crippen LogP contribution in [0.5, 0.6) is 17.2 Å². The second-order valence-electron chi connectivity index (χ2n) is 6.05. The Labute approximate surface area is 171 Å². The molecule has 0 radical (unpaired) electrons. The lowest BCUT2D eigenvalue weighted by Gasteiger charge is -2.13. The fourth-order valence-corrected chi connectivity index (χ4v) is 2.32. The second-order valence-corrected chi connectivity index (χ2v) is 6.05. The number of carbonyl (C=O) groups is 2. The minimum atomic E-state index is -4.82. The second kappa shape index (κ2) is 10.4. The van der Waals surface area contributed by atoms with Crippen LogP contribution < -0.4 is 25.1 Å². The van der Waals surface area contributed by atoms with Crippen LogP contribution in [0.4, 0.5) is 13.2 Å². The van der Waals surface area contributed by atoms with Crippen LogP contribution in [-0.4, -0.2) is 31.9 Å². The zero-order chi connectivity index (χ0) is 22.1. The van der Waals surface area contributed by atoms with E-state index in [1.54, 1.807) is 6.07 Å². The van der Waals surface area contributed by atoms with E-state index in [0.29, 0.717) is 18.1 Å². The molecule has 0 bridgehead atoms. The zero-order valence-corrected chi connectivity index (χ0v) is 16.3. The number of amides is 2. The number of halogens is 3. The van der Waals surface area contributed by atoms with E-state index in [1.165, 1.54) is 19.2 Å². The van der Waals surface area contributed by atoms with E-state index in [1.807, 2.05) is 6.92 Å². The average molecular weight is 426 g/mol.